The van der Waals surface area contributed by atoms with Gasteiger partial charge in [-0.2, -0.15) is 15.0 Å². The number of nitrogens with zero attached hydrogens (tertiary/aromatic N) is 3. The van der Waals surface area contributed by atoms with E-state index in [-0.39, 0.29) is 17.0 Å². The van der Waals surface area contributed by atoms with Crippen LogP contribution in [-0.4, -0.2) is 15.7 Å². The van der Waals surface area contributed by atoms with Crippen molar-refractivity contribution in [2.45, 2.75) is 0 Å². The van der Waals surface area contributed by atoms with Gasteiger partial charge in [-0.1, -0.05) is 36.4 Å². The van der Waals surface area contributed by atoms with Gasteiger partial charge in [-0.3, -0.25) is 4.79 Å². The van der Waals surface area contributed by atoms with Crippen LogP contribution in [-0.2, 0) is 0 Å². The Hall–Kier alpha value is -4.24. The topological polar surface area (TPSA) is 85.0 Å². The highest BCUT2D eigenvalue weighted by Gasteiger charge is 2.19. The van der Waals surface area contributed by atoms with Gasteiger partial charge in [0.15, 0.2) is 5.69 Å². The van der Waals surface area contributed by atoms with E-state index in [4.69, 9.17) is 10.00 Å². The lowest BCUT2D eigenvalue weighted by Gasteiger charge is -2.11. The Bertz CT molecular complexity index is 1270. The number of ether oxygens (including phenoxy) is 1. The minimum absolute atomic E-state index is 0.0309. The van der Waals surface area contributed by atoms with E-state index in [0.717, 1.165) is 0 Å². The van der Waals surface area contributed by atoms with Crippen molar-refractivity contribution in [1.29, 1.82) is 5.26 Å². The molecule has 0 aliphatic heterocycles. The van der Waals surface area contributed by atoms with Gasteiger partial charge in [0, 0.05) is 5.39 Å². The van der Waals surface area contributed by atoms with Crippen molar-refractivity contribution in [2.75, 3.05) is 0 Å². The van der Waals surface area contributed by atoms with Crippen molar-refractivity contribution >= 4 is 16.7 Å². The number of carbonyl (C=O) groups excluding carboxylic acids is 1. The molecule has 0 saturated heterocycles. The summed E-state index contributed by atoms with van der Waals surface area (Å²) in [5.41, 5.74) is 0.715. The molecule has 0 aliphatic rings. The molecule has 6 heteroatoms. The second-order valence-corrected chi connectivity index (χ2v) is 5.97. The number of carbonyl (C=O) groups is 1. The predicted octanol–water partition coefficient (Wildman–Crippen LogP) is 3.48. The second kappa shape index (κ2) is 7.17. The highest BCUT2D eigenvalue weighted by Crippen LogP contribution is 2.18. The second-order valence-electron chi connectivity index (χ2n) is 5.97. The molecular weight excluding hydrogens is 354 g/mol. The van der Waals surface area contributed by atoms with Gasteiger partial charge in [0.2, 0.25) is 0 Å². The fourth-order valence-corrected chi connectivity index (χ4v) is 2.84. The first-order valence-electron chi connectivity index (χ1n) is 8.47. The highest BCUT2D eigenvalue weighted by molar-refractivity contribution is 6.03. The van der Waals surface area contributed by atoms with Gasteiger partial charge in [-0.05, 0) is 42.5 Å². The van der Waals surface area contributed by atoms with Gasteiger partial charge in [0.05, 0.1) is 22.7 Å². The average Bonchev–Trinajstić information content (AvgIpc) is 2.75. The first-order chi connectivity index (χ1) is 13.7. The van der Waals surface area contributed by atoms with Crippen LogP contribution < -0.4 is 10.3 Å². The molecular formula is C22H13N3O3. The summed E-state index contributed by atoms with van der Waals surface area (Å²) < 4.78 is 6.60. The van der Waals surface area contributed by atoms with E-state index in [0.29, 0.717) is 22.0 Å². The van der Waals surface area contributed by atoms with E-state index in [1.54, 1.807) is 60.7 Å². The molecule has 0 unspecified atom stereocenters. The third-order valence-corrected chi connectivity index (χ3v) is 4.19. The van der Waals surface area contributed by atoms with Crippen molar-refractivity contribution in [3.8, 4) is 17.5 Å². The molecule has 134 valence electrons. The highest BCUT2D eigenvalue weighted by atomic mass is 16.5. The van der Waals surface area contributed by atoms with Gasteiger partial charge >= 0.3 is 5.97 Å². The van der Waals surface area contributed by atoms with Crippen LogP contribution in [0.25, 0.3) is 16.5 Å². The molecule has 0 amide bonds. The monoisotopic (exact) mass is 367 g/mol. The number of fused-ring (bicyclic) bond motifs is 1. The minimum Gasteiger partial charge on any atom is -0.422 e. The zero-order valence-corrected chi connectivity index (χ0v) is 14.6. The maximum absolute atomic E-state index is 12.9. The van der Waals surface area contributed by atoms with Gasteiger partial charge < -0.3 is 4.74 Å². The predicted molar refractivity (Wildman–Crippen MR) is 103 cm³/mol. The number of rotatable bonds is 3. The molecule has 0 aliphatic carbocycles. The molecule has 4 rings (SSSR count). The average molecular weight is 367 g/mol. The number of hydrogen-bond donors (Lipinski definition) is 0. The third-order valence-electron chi connectivity index (χ3n) is 4.19. The van der Waals surface area contributed by atoms with Gasteiger partial charge in [0.25, 0.3) is 5.56 Å². The van der Waals surface area contributed by atoms with E-state index in [1.807, 2.05) is 12.1 Å². The molecule has 4 aromatic rings. The van der Waals surface area contributed by atoms with Crippen LogP contribution in [0, 0.1) is 11.3 Å². The van der Waals surface area contributed by atoms with Crippen molar-refractivity contribution < 1.29 is 9.53 Å². The summed E-state index contributed by atoms with van der Waals surface area (Å²) in [7, 11) is 0. The van der Waals surface area contributed by atoms with Gasteiger partial charge in [0.1, 0.15) is 5.75 Å². The molecule has 1 aromatic heterocycles. The van der Waals surface area contributed by atoms with Crippen molar-refractivity contribution in [1.82, 2.24) is 9.78 Å². The van der Waals surface area contributed by atoms with Crippen molar-refractivity contribution in [3.63, 3.8) is 0 Å². The molecule has 0 bridgehead atoms. The molecule has 0 fully saturated rings. The lowest BCUT2D eigenvalue weighted by atomic mass is 10.1. The third kappa shape index (κ3) is 3.13. The van der Waals surface area contributed by atoms with Crippen molar-refractivity contribution in [2.24, 2.45) is 0 Å². The van der Waals surface area contributed by atoms with E-state index in [9.17, 15) is 9.59 Å². The molecule has 0 spiro atoms. The molecule has 0 radical (unpaired) electrons. The zero-order chi connectivity index (χ0) is 19.5. The molecule has 0 N–H and O–H groups in total. The zero-order valence-electron chi connectivity index (χ0n) is 14.6. The standard InChI is InChI=1S/C22H13N3O3/c23-14-15-10-12-17(13-11-15)28-22(27)20-18-8-4-5-9-19(18)21(26)25(24-20)16-6-2-1-3-7-16/h1-13H. The first kappa shape index (κ1) is 17.2. The number of esters is 1. The Balaban J connectivity index is 1.83. The van der Waals surface area contributed by atoms with Crippen LogP contribution in [0.5, 0.6) is 5.75 Å². The number of para-hydroxylation sites is 1. The lowest BCUT2D eigenvalue weighted by Crippen LogP contribution is -2.25. The molecule has 6 nitrogen and oxygen atoms in total. The Kier molecular flexibility index (Phi) is 4.40. The van der Waals surface area contributed by atoms with Crippen LogP contribution >= 0.6 is 0 Å². The Morgan fingerprint density at radius 1 is 0.893 bits per heavy atom. The number of nitriles is 1. The normalized spacial score (nSPS) is 10.4. The lowest BCUT2D eigenvalue weighted by molar-refractivity contribution is 0.0729. The Morgan fingerprint density at radius 3 is 2.21 bits per heavy atom. The SMILES string of the molecule is N#Cc1ccc(OC(=O)c2nn(-c3ccccc3)c(=O)c3ccccc23)cc1. The number of hydrogen-bond acceptors (Lipinski definition) is 5. The molecule has 0 saturated carbocycles. The van der Waals surface area contributed by atoms with E-state index >= 15 is 0 Å². The number of benzene rings is 3. The van der Waals surface area contributed by atoms with Gasteiger partial charge in [-0.15, -0.1) is 0 Å². The Morgan fingerprint density at radius 2 is 1.54 bits per heavy atom. The molecule has 28 heavy (non-hydrogen) atoms. The summed E-state index contributed by atoms with van der Waals surface area (Å²) in [6.45, 7) is 0. The summed E-state index contributed by atoms with van der Waals surface area (Å²) in [5.74, 6) is -0.405. The summed E-state index contributed by atoms with van der Waals surface area (Å²) in [6, 6.07) is 23.8. The summed E-state index contributed by atoms with van der Waals surface area (Å²) in [4.78, 5) is 25.7. The van der Waals surface area contributed by atoms with Crippen LogP contribution in [0.3, 0.4) is 0 Å². The fourth-order valence-electron chi connectivity index (χ4n) is 2.84. The molecule has 0 atom stereocenters. The van der Waals surface area contributed by atoms with Crippen LogP contribution in [0.4, 0.5) is 0 Å². The number of aromatic nitrogens is 2. The fraction of sp³-hybridized carbons (Fsp3) is 0. The van der Waals surface area contributed by atoms with Crippen LogP contribution in [0.15, 0.2) is 83.7 Å². The molecule has 1 heterocycles. The van der Waals surface area contributed by atoms with E-state index in [2.05, 4.69) is 5.10 Å². The van der Waals surface area contributed by atoms with Crippen LogP contribution in [0.2, 0.25) is 0 Å². The smallest absolute Gasteiger partial charge is 0.364 e. The van der Waals surface area contributed by atoms with Crippen molar-refractivity contribution in [3.05, 3.63) is 100 Å². The first-order valence-corrected chi connectivity index (χ1v) is 8.47. The summed E-state index contributed by atoms with van der Waals surface area (Å²) in [6.07, 6.45) is 0. The van der Waals surface area contributed by atoms with Crippen LogP contribution in [0.1, 0.15) is 16.1 Å². The van der Waals surface area contributed by atoms with Gasteiger partial charge in [-0.25, -0.2) is 4.79 Å². The Labute approximate surface area is 159 Å². The minimum atomic E-state index is -0.689. The summed E-state index contributed by atoms with van der Waals surface area (Å²) >= 11 is 0. The molecule has 3 aromatic carbocycles. The van der Waals surface area contributed by atoms with E-state index < -0.39 is 5.97 Å². The maximum atomic E-state index is 12.9. The largest absolute Gasteiger partial charge is 0.422 e. The summed E-state index contributed by atoms with van der Waals surface area (Å²) in [5, 5.41) is 13.9. The van der Waals surface area contributed by atoms with E-state index in [1.165, 1.54) is 16.8 Å². The maximum Gasteiger partial charge on any atom is 0.364 e. The quantitative estimate of drug-likeness (QED) is 0.409.